The molecule has 1 spiro atoms. The lowest BCUT2D eigenvalue weighted by Crippen LogP contribution is -2.50. The number of anilines is 1. The summed E-state index contributed by atoms with van der Waals surface area (Å²) in [4.78, 5) is 13.7. The fourth-order valence-corrected chi connectivity index (χ4v) is 5.14. The summed E-state index contributed by atoms with van der Waals surface area (Å²) in [5.41, 5.74) is 12.8. The van der Waals surface area contributed by atoms with Crippen molar-refractivity contribution in [3.05, 3.63) is 83.4 Å². The number of benzene rings is 3. The van der Waals surface area contributed by atoms with Crippen molar-refractivity contribution in [3.8, 4) is 16.9 Å². The minimum Gasteiger partial charge on any atom is -0.489 e. The molecule has 2 heterocycles. The maximum atomic E-state index is 11.3. The Morgan fingerprint density at radius 3 is 2.53 bits per heavy atom. The Bertz CT molecular complexity index is 1230. The van der Waals surface area contributed by atoms with Crippen LogP contribution in [0.25, 0.3) is 11.1 Å². The van der Waals surface area contributed by atoms with Gasteiger partial charge in [-0.2, -0.15) is 0 Å². The number of nitrogens with two attached hydrogens (primary N) is 1. The van der Waals surface area contributed by atoms with Gasteiger partial charge in [0.1, 0.15) is 12.4 Å². The molecule has 0 unspecified atom stereocenters. The van der Waals surface area contributed by atoms with Crippen LogP contribution in [0.1, 0.15) is 42.5 Å². The van der Waals surface area contributed by atoms with Gasteiger partial charge in [0.25, 0.3) is 0 Å². The predicted octanol–water partition coefficient (Wildman–Crippen LogP) is 5.20. The van der Waals surface area contributed by atoms with Crippen molar-refractivity contribution >= 4 is 11.7 Å². The lowest BCUT2D eigenvalue weighted by molar-refractivity contribution is -0.136. The smallest absolute Gasteiger partial charge is 0.307 e. The molecule has 3 aromatic rings. The number of hydrogen-bond donors (Lipinski definition) is 2. The summed E-state index contributed by atoms with van der Waals surface area (Å²) >= 11 is 0. The van der Waals surface area contributed by atoms with Crippen LogP contribution in [0.15, 0.2) is 66.7 Å². The zero-order valence-electron chi connectivity index (χ0n) is 20.8. The maximum absolute atomic E-state index is 11.3. The Morgan fingerprint density at radius 1 is 1.06 bits per heavy atom. The van der Waals surface area contributed by atoms with Crippen LogP contribution >= 0.6 is 0 Å². The first-order valence-corrected chi connectivity index (χ1v) is 12.7. The number of aliphatic carboxylic acids is 1. The molecule has 1 atom stereocenters. The molecule has 6 nitrogen and oxygen atoms in total. The van der Waals surface area contributed by atoms with E-state index in [1.807, 2.05) is 25.1 Å². The van der Waals surface area contributed by atoms with Gasteiger partial charge in [0.15, 0.2) is 0 Å². The van der Waals surface area contributed by atoms with Crippen LogP contribution in [-0.4, -0.2) is 37.4 Å². The van der Waals surface area contributed by atoms with Crippen LogP contribution in [0.3, 0.4) is 0 Å². The first-order chi connectivity index (χ1) is 17.4. The van der Waals surface area contributed by atoms with Gasteiger partial charge >= 0.3 is 5.97 Å². The average molecular weight is 487 g/mol. The number of para-hydroxylation sites is 1. The summed E-state index contributed by atoms with van der Waals surface area (Å²) in [6.45, 7) is 6.15. The van der Waals surface area contributed by atoms with Gasteiger partial charge in [-0.25, -0.2) is 0 Å². The van der Waals surface area contributed by atoms with Gasteiger partial charge in [0.2, 0.25) is 0 Å². The van der Waals surface area contributed by atoms with E-state index in [-0.39, 0.29) is 12.5 Å². The van der Waals surface area contributed by atoms with E-state index in [0.717, 1.165) is 61.4 Å². The monoisotopic (exact) mass is 486 g/mol. The second-order valence-electron chi connectivity index (χ2n) is 10.2. The number of carbonyl (C=O) groups is 1. The fourth-order valence-electron chi connectivity index (χ4n) is 5.14. The van der Waals surface area contributed by atoms with Crippen molar-refractivity contribution in [2.24, 2.45) is 11.1 Å². The second-order valence-corrected chi connectivity index (χ2v) is 10.2. The zero-order chi connectivity index (χ0) is 25.1. The number of nitrogens with zero attached hydrogens (tertiary/aromatic N) is 1. The molecule has 0 aromatic heterocycles. The van der Waals surface area contributed by atoms with Gasteiger partial charge in [-0.15, -0.1) is 0 Å². The van der Waals surface area contributed by atoms with Gasteiger partial charge in [0, 0.05) is 35.8 Å². The first-order valence-electron chi connectivity index (χ1n) is 12.7. The number of piperidine rings is 1. The molecule has 2 aliphatic heterocycles. The normalized spacial score (nSPS) is 17.4. The maximum Gasteiger partial charge on any atom is 0.307 e. The molecule has 0 radical (unpaired) electrons. The SMILES string of the molecule is C[C@H](N)c1cccc(-c2cc(COc3ccccc3CC(=O)O)cc(N3CCC4(CC3)COC4)c2)c1. The largest absolute Gasteiger partial charge is 0.489 e. The molecule has 188 valence electrons. The van der Waals surface area contributed by atoms with Crippen molar-refractivity contribution in [2.45, 2.75) is 38.8 Å². The Labute approximate surface area is 212 Å². The average Bonchev–Trinajstić information content (AvgIpc) is 2.87. The highest BCUT2D eigenvalue weighted by molar-refractivity contribution is 5.72. The molecule has 36 heavy (non-hydrogen) atoms. The van der Waals surface area contributed by atoms with Crippen LogP contribution in [0.5, 0.6) is 5.75 Å². The summed E-state index contributed by atoms with van der Waals surface area (Å²) < 4.78 is 11.7. The molecule has 2 fully saturated rings. The van der Waals surface area contributed by atoms with E-state index < -0.39 is 5.97 Å². The molecule has 2 aliphatic rings. The minimum atomic E-state index is -0.871. The number of carboxylic acids is 1. The van der Waals surface area contributed by atoms with Crippen molar-refractivity contribution in [1.82, 2.24) is 0 Å². The van der Waals surface area contributed by atoms with E-state index in [4.69, 9.17) is 15.2 Å². The van der Waals surface area contributed by atoms with Crippen molar-refractivity contribution in [1.29, 1.82) is 0 Å². The minimum absolute atomic E-state index is 0.0374. The molecule has 3 N–H and O–H groups in total. The molecular weight excluding hydrogens is 452 g/mol. The summed E-state index contributed by atoms with van der Waals surface area (Å²) in [6.07, 6.45) is 2.22. The Morgan fingerprint density at radius 2 is 1.83 bits per heavy atom. The number of ether oxygens (including phenoxy) is 2. The molecule has 6 heteroatoms. The summed E-state index contributed by atoms with van der Waals surface area (Å²) in [5, 5.41) is 9.26. The number of carboxylic acid groups (broad SMARTS) is 1. The highest BCUT2D eigenvalue weighted by atomic mass is 16.5. The number of hydrogen-bond acceptors (Lipinski definition) is 5. The Balaban J connectivity index is 1.43. The van der Waals surface area contributed by atoms with E-state index in [0.29, 0.717) is 23.3 Å². The van der Waals surface area contributed by atoms with Crippen LogP contribution in [0.2, 0.25) is 0 Å². The van der Waals surface area contributed by atoms with Crippen molar-refractivity contribution in [2.75, 3.05) is 31.2 Å². The lowest BCUT2D eigenvalue weighted by Gasteiger charge is -2.48. The highest BCUT2D eigenvalue weighted by Crippen LogP contribution is 2.40. The molecule has 3 aromatic carbocycles. The topological polar surface area (TPSA) is 85.0 Å². The molecule has 5 rings (SSSR count). The van der Waals surface area contributed by atoms with Crippen LogP contribution in [0, 0.1) is 5.41 Å². The lowest BCUT2D eigenvalue weighted by atomic mass is 9.76. The van der Waals surface area contributed by atoms with Gasteiger partial charge in [0.05, 0.1) is 19.6 Å². The van der Waals surface area contributed by atoms with Crippen molar-refractivity contribution in [3.63, 3.8) is 0 Å². The van der Waals surface area contributed by atoms with Gasteiger partial charge in [-0.1, -0.05) is 36.4 Å². The van der Waals surface area contributed by atoms with E-state index in [9.17, 15) is 9.90 Å². The molecule has 0 aliphatic carbocycles. The van der Waals surface area contributed by atoms with E-state index in [1.165, 1.54) is 5.69 Å². The quantitative estimate of drug-likeness (QED) is 0.455. The van der Waals surface area contributed by atoms with Gasteiger partial charge < -0.3 is 25.2 Å². The summed E-state index contributed by atoms with van der Waals surface area (Å²) in [7, 11) is 0. The Kier molecular flexibility index (Phi) is 6.99. The molecule has 0 bridgehead atoms. The van der Waals surface area contributed by atoms with E-state index >= 15 is 0 Å². The Hall–Kier alpha value is -3.35. The third-order valence-electron chi connectivity index (χ3n) is 7.44. The molecular formula is C30H34N2O4. The summed E-state index contributed by atoms with van der Waals surface area (Å²) in [5.74, 6) is -0.264. The van der Waals surface area contributed by atoms with Crippen LogP contribution in [0.4, 0.5) is 5.69 Å². The third-order valence-corrected chi connectivity index (χ3v) is 7.44. The van der Waals surface area contributed by atoms with E-state index in [1.54, 1.807) is 6.07 Å². The number of rotatable bonds is 8. The zero-order valence-corrected chi connectivity index (χ0v) is 20.8. The molecule has 0 amide bonds. The standard InChI is InChI=1S/C30H34N2O4/c1-21(31)23-6-4-7-24(15-23)26-13-22(18-36-28-8-3-2-5-25(28)17-29(33)34)14-27(16-26)32-11-9-30(10-12-32)19-35-20-30/h2-8,13-16,21H,9-12,17-20,31H2,1H3,(H,33,34)/t21-/m0/s1. The molecule has 0 saturated carbocycles. The van der Waals surface area contributed by atoms with Gasteiger partial charge in [-0.05, 0) is 72.4 Å². The fraction of sp³-hybridized carbons (Fsp3) is 0.367. The first kappa shape index (κ1) is 24.3. The predicted molar refractivity (Wildman–Crippen MR) is 141 cm³/mol. The molecule has 2 saturated heterocycles. The van der Waals surface area contributed by atoms with Crippen LogP contribution < -0.4 is 15.4 Å². The van der Waals surface area contributed by atoms with Crippen LogP contribution in [-0.2, 0) is 22.6 Å². The second kappa shape index (κ2) is 10.3. The van der Waals surface area contributed by atoms with Crippen molar-refractivity contribution < 1.29 is 19.4 Å². The summed E-state index contributed by atoms with van der Waals surface area (Å²) in [6, 6.07) is 22.3. The highest BCUT2D eigenvalue weighted by Gasteiger charge is 2.41. The van der Waals surface area contributed by atoms with Gasteiger partial charge in [-0.3, -0.25) is 4.79 Å². The van der Waals surface area contributed by atoms with E-state index in [2.05, 4.69) is 47.4 Å². The third kappa shape index (κ3) is 5.40.